The molecule has 24 heavy (non-hydrogen) atoms. The lowest BCUT2D eigenvalue weighted by Crippen LogP contribution is -2.08. The highest BCUT2D eigenvalue weighted by atomic mass is 16.5. The Balaban J connectivity index is 1.94. The summed E-state index contributed by atoms with van der Waals surface area (Å²) in [6.07, 6.45) is 0. The van der Waals surface area contributed by atoms with Gasteiger partial charge in [0.05, 0.1) is 6.61 Å². The minimum absolute atomic E-state index is 0.0817. The normalized spacial score (nSPS) is 10.8. The fourth-order valence-corrected chi connectivity index (χ4v) is 2.32. The summed E-state index contributed by atoms with van der Waals surface area (Å²) in [4.78, 5) is 20.6. The standard InChI is InChI=1S/C17H18N4O3/c1-4-23-17(22)14-13-15(19-11(3)20-16(13)24-21-14)18-9-12-7-5-10(2)6-8-12/h5-8H,4,9H2,1-3H3,(H,18,19,20). The van der Waals surface area contributed by atoms with E-state index in [1.165, 1.54) is 5.56 Å². The van der Waals surface area contributed by atoms with Crippen LogP contribution < -0.4 is 5.32 Å². The average Bonchev–Trinajstić information content (AvgIpc) is 2.98. The van der Waals surface area contributed by atoms with Crippen LogP contribution in [0.5, 0.6) is 0 Å². The molecule has 0 saturated carbocycles. The molecule has 7 nitrogen and oxygen atoms in total. The third kappa shape index (κ3) is 3.19. The first-order valence-corrected chi connectivity index (χ1v) is 7.69. The number of carbonyl (C=O) groups is 1. The van der Waals surface area contributed by atoms with Gasteiger partial charge in [-0.15, -0.1) is 0 Å². The summed E-state index contributed by atoms with van der Waals surface area (Å²) in [7, 11) is 0. The summed E-state index contributed by atoms with van der Waals surface area (Å²) in [5, 5.41) is 7.46. The monoisotopic (exact) mass is 326 g/mol. The molecule has 0 aliphatic heterocycles. The van der Waals surface area contributed by atoms with Crippen molar-refractivity contribution in [2.75, 3.05) is 11.9 Å². The highest BCUT2D eigenvalue weighted by Gasteiger charge is 2.22. The Morgan fingerprint density at radius 2 is 1.96 bits per heavy atom. The SMILES string of the molecule is CCOC(=O)c1noc2nc(C)nc(NCc3ccc(C)cc3)c12. The molecule has 0 fully saturated rings. The maximum absolute atomic E-state index is 12.0. The van der Waals surface area contributed by atoms with E-state index in [1.54, 1.807) is 13.8 Å². The number of benzene rings is 1. The maximum Gasteiger partial charge on any atom is 0.361 e. The lowest BCUT2D eigenvalue weighted by atomic mass is 10.1. The van der Waals surface area contributed by atoms with Crippen LogP contribution in [0.2, 0.25) is 0 Å². The second kappa shape index (κ2) is 6.66. The predicted octanol–water partition coefficient (Wildman–Crippen LogP) is 3.02. The van der Waals surface area contributed by atoms with Crippen LogP contribution in [0.1, 0.15) is 34.4 Å². The van der Waals surface area contributed by atoms with Crippen LogP contribution in [0.15, 0.2) is 28.8 Å². The molecule has 0 aliphatic carbocycles. The fraction of sp³-hybridized carbons (Fsp3) is 0.294. The number of fused-ring (bicyclic) bond motifs is 1. The minimum atomic E-state index is -0.554. The summed E-state index contributed by atoms with van der Waals surface area (Å²) in [6, 6.07) is 8.16. The van der Waals surface area contributed by atoms with Gasteiger partial charge in [0.25, 0.3) is 5.71 Å². The molecule has 0 bridgehead atoms. The number of hydrogen-bond acceptors (Lipinski definition) is 7. The van der Waals surface area contributed by atoms with Crippen molar-refractivity contribution in [3.8, 4) is 0 Å². The van der Waals surface area contributed by atoms with Gasteiger partial charge in [0.2, 0.25) is 5.69 Å². The number of aryl methyl sites for hydroxylation is 2. The number of ether oxygens (including phenoxy) is 1. The van der Waals surface area contributed by atoms with Crippen molar-refractivity contribution in [1.29, 1.82) is 0 Å². The minimum Gasteiger partial charge on any atom is -0.461 e. The van der Waals surface area contributed by atoms with E-state index >= 15 is 0 Å². The van der Waals surface area contributed by atoms with Gasteiger partial charge in [-0.25, -0.2) is 9.78 Å². The first-order valence-electron chi connectivity index (χ1n) is 7.69. The Bertz CT molecular complexity index is 871. The molecule has 124 valence electrons. The predicted molar refractivity (Wildman–Crippen MR) is 88.8 cm³/mol. The lowest BCUT2D eigenvalue weighted by molar-refractivity contribution is 0.0517. The molecule has 7 heteroatoms. The van der Waals surface area contributed by atoms with Crippen molar-refractivity contribution < 1.29 is 14.1 Å². The zero-order valence-electron chi connectivity index (χ0n) is 13.8. The molecule has 3 rings (SSSR count). The molecule has 0 atom stereocenters. The lowest BCUT2D eigenvalue weighted by Gasteiger charge is -2.08. The smallest absolute Gasteiger partial charge is 0.361 e. The number of carbonyl (C=O) groups excluding carboxylic acids is 1. The molecular formula is C17H18N4O3. The molecule has 0 saturated heterocycles. The van der Waals surface area contributed by atoms with E-state index in [0.717, 1.165) is 5.56 Å². The van der Waals surface area contributed by atoms with Gasteiger partial charge < -0.3 is 14.6 Å². The molecular weight excluding hydrogens is 308 g/mol. The van der Waals surface area contributed by atoms with Crippen molar-refractivity contribution in [1.82, 2.24) is 15.1 Å². The van der Waals surface area contributed by atoms with Crippen LogP contribution in [-0.2, 0) is 11.3 Å². The Morgan fingerprint density at radius 1 is 1.21 bits per heavy atom. The number of esters is 1. The molecule has 1 N–H and O–H groups in total. The van der Waals surface area contributed by atoms with E-state index in [2.05, 4.69) is 20.4 Å². The quantitative estimate of drug-likeness (QED) is 0.721. The van der Waals surface area contributed by atoms with Crippen molar-refractivity contribution in [3.05, 3.63) is 46.9 Å². The number of nitrogens with zero attached hydrogens (tertiary/aromatic N) is 3. The van der Waals surface area contributed by atoms with Crippen LogP contribution in [0.25, 0.3) is 11.1 Å². The van der Waals surface area contributed by atoms with Gasteiger partial charge in [-0.1, -0.05) is 35.0 Å². The van der Waals surface area contributed by atoms with Crippen molar-refractivity contribution in [2.45, 2.75) is 27.3 Å². The Kier molecular flexibility index (Phi) is 4.41. The molecule has 0 spiro atoms. The van der Waals surface area contributed by atoms with E-state index in [4.69, 9.17) is 9.26 Å². The molecule has 3 aromatic rings. The third-order valence-corrected chi connectivity index (χ3v) is 3.50. The average molecular weight is 326 g/mol. The van der Waals surface area contributed by atoms with Crippen LogP contribution in [-0.4, -0.2) is 27.7 Å². The summed E-state index contributed by atoms with van der Waals surface area (Å²) in [5.41, 5.74) is 2.64. The molecule has 1 aromatic carbocycles. The van der Waals surface area contributed by atoms with Gasteiger partial charge >= 0.3 is 5.97 Å². The van der Waals surface area contributed by atoms with E-state index in [-0.39, 0.29) is 18.0 Å². The topological polar surface area (TPSA) is 90.1 Å². The van der Waals surface area contributed by atoms with Crippen molar-refractivity contribution >= 4 is 22.9 Å². The van der Waals surface area contributed by atoms with E-state index < -0.39 is 5.97 Å². The number of nitrogens with one attached hydrogen (secondary N) is 1. The van der Waals surface area contributed by atoms with Crippen LogP contribution in [0.3, 0.4) is 0 Å². The Morgan fingerprint density at radius 3 is 2.67 bits per heavy atom. The molecule has 0 unspecified atom stereocenters. The number of aromatic nitrogens is 3. The highest BCUT2D eigenvalue weighted by molar-refractivity contribution is 6.04. The van der Waals surface area contributed by atoms with Crippen molar-refractivity contribution in [2.24, 2.45) is 0 Å². The van der Waals surface area contributed by atoms with E-state index in [0.29, 0.717) is 23.6 Å². The zero-order chi connectivity index (χ0) is 17.1. The zero-order valence-corrected chi connectivity index (χ0v) is 13.8. The second-order valence-corrected chi connectivity index (χ2v) is 5.39. The van der Waals surface area contributed by atoms with Gasteiger partial charge in [-0.05, 0) is 26.3 Å². The van der Waals surface area contributed by atoms with Gasteiger partial charge in [-0.3, -0.25) is 0 Å². The van der Waals surface area contributed by atoms with Crippen LogP contribution in [0, 0.1) is 13.8 Å². The van der Waals surface area contributed by atoms with Crippen LogP contribution in [0.4, 0.5) is 5.82 Å². The van der Waals surface area contributed by atoms with E-state index in [1.807, 2.05) is 31.2 Å². The first kappa shape index (κ1) is 15.9. The van der Waals surface area contributed by atoms with Gasteiger partial charge in [0.1, 0.15) is 17.0 Å². The molecule has 0 amide bonds. The largest absolute Gasteiger partial charge is 0.461 e. The third-order valence-electron chi connectivity index (χ3n) is 3.50. The van der Waals surface area contributed by atoms with Gasteiger partial charge in [-0.2, -0.15) is 4.98 Å². The van der Waals surface area contributed by atoms with Gasteiger partial charge in [0, 0.05) is 6.54 Å². The summed E-state index contributed by atoms with van der Waals surface area (Å²) in [6.45, 7) is 6.34. The first-order chi connectivity index (χ1) is 11.6. The molecule has 0 aliphatic rings. The number of rotatable bonds is 5. The van der Waals surface area contributed by atoms with Gasteiger partial charge in [0.15, 0.2) is 0 Å². The molecule has 2 heterocycles. The molecule has 0 radical (unpaired) electrons. The Labute approximate surface area is 139 Å². The van der Waals surface area contributed by atoms with Crippen LogP contribution >= 0.6 is 0 Å². The summed E-state index contributed by atoms with van der Waals surface area (Å²) >= 11 is 0. The number of hydrogen-bond donors (Lipinski definition) is 1. The van der Waals surface area contributed by atoms with Crippen molar-refractivity contribution in [3.63, 3.8) is 0 Å². The molecule has 2 aromatic heterocycles. The summed E-state index contributed by atoms with van der Waals surface area (Å²) in [5.74, 6) is 0.477. The second-order valence-electron chi connectivity index (χ2n) is 5.39. The number of anilines is 1. The summed E-state index contributed by atoms with van der Waals surface area (Å²) < 4.78 is 10.2. The fourth-order valence-electron chi connectivity index (χ4n) is 2.32. The maximum atomic E-state index is 12.0. The Hall–Kier alpha value is -2.96. The van der Waals surface area contributed by atoms with E-state index in [9.17, 15) is 4.79 Å². The highest BCUT2D eigenvalue weighted by Crippen LogP contribution is 2.25.